The van der Waals surface area contributed by atoms with Gasteiger partial charge in [0.1, 0.15) is 0 Å². The first kappa shape index (κ1) is 23.2. The first-order valence-electron chi connectivity index (χ1n) is 10.3. The van der Waals surface area contributed by atoms with E-state index in [0.717, 1.165) is 11.1 Å². The first-order valence-corrected chi connectivity index (χ1v) is 11.6. The highest BCUT2D eigenvalue weighted by atomic mass is 32.2. The Balaban J connectivity index is 1.55. The number of carbonyl (C=O) groups is 1. The van der Waals surface area contributed by atoms with Crippen LogP contribution in [0, 0.1) is 0 Å². The second kappa shape index (κ2) is 10.8. The van der Waals surface area contributed by atoms with E-state index in [1.54, 1.807) is 61.1 Å². The molecule has 1 amide bonds. The number of nitrogens with one attached hydrogen (secondary N) is 2. The summed E-state index contributed by atoms with van der Waals surface area (Å²) in [5.74, 6) is -0.00512. The lowest BCUT2D eigenvalue weighted by molar-refractivity contribution is 0.102. The standard InChI is InChI=1S/C24H22N6O3S/c25-13-18-6-7-20(28-23(31)17-4-1-3-16(11-17)15-34(32)33)12-22(18)30-24-27-10-8-21(29-24)19-5-2-9-26-14-19/h1-12,14H,13,15,25H2,(H,28,31)(H,32,33)(H,27,29,30). The third-order valence-electron chi connectivity index (χ3n) is 4.93. The van der Waals surface area contributed by atoms with Gasteiger partial charge in [0.15, 0.2) is 11.1 Å². The van der Waals surface area contributed by atoms with Crippen molar-refractivity contribution in [2.24, 2.45) is 5.73 Å². The van der Waals surface area contributed by atoms with E-state index in [2.05, 4.69) is 25.6 Å². The third kappa shape index (κ3) is 5.87. The molecule has 0 bridgehead atoms. The van der Waals surface area contributed by atoms with Gasteiger partial charge in [-0.1, -0.05) is 18.2 Å². The normalized spacial score (nSPS) is 11.6. The maximum atomic E-state index is 12.8. The van der Waals surface area contributed by atoms with Gasteiger partial charge in [-0.15, -0.1) is 0 Å². The Labute approximate surface area is 198 Å². The average Bonchev–Trinajstić information content (AvgIpc) is 2.85. The predicted molar refractivity (Wildman–Crippen MR) is 132 cm³/mol. The zero-order chi connectivity index (χ0) is 23.9. The largest absolute Gasteiger partial charge is 0.326 e. The number of hydrogen-bond donors (Lipinski definition) is 4. The molecule has 4 aromatic rings. The Hall–Kier alpha value is -3.99. The average molecular weight is 475 g/mol. The highest BCUT2D eigenvalue weighted by molar-refractivity contribution is 7.78. The molecule has 34 heavy (non-hydrogen) atoms. The number of aromatic nitrogens is 3. The van der Waals surface area contributed by atoms with Crippen molar-refractivity contribution in [3.05, 3.63) is 95.9 Å². The summed E-state index contributed by atoms with van der Waals surface area (Å²) in [6.45, 7) is 0.277. The highest BCUT2D eigenvalue weighted by Gasteiger charge is 2.11. The molecule has 1 unspecified atom stereocenters. The lowest BCUT2D eigenvalue weighted by atomic mass is 10.1. The third-order valence-corrected chi connectivity index (χ3v) is 5.51. The van der Waals surface area contributed by atoms with Crippen LogP contribution in [0.3, 0.4) is 0 Å². The maximum Gasteiger partial charge on any atom is 0.255 e. The van der Waals surface area contributed by atoms with Gasteiger partial charge in [0.2, 0.25) is 5.95 Å². The Bertz CT molecular complexity index is 1330. The molecule has 172 valence electrons. The molecule has 0 saturated heterocycles. The summed E-state index contributed by atoms with van der Waals surface area (Å²) in [7, 11) is 0. The molecule has 0 saturated carbocycles. The van der Waals surface area contributed by atoms with Crippen LogP contribution < -0.4 is 16.4 Å². The van der Waals surface area contributed by atoms with Crippen LogP contribution in [0.25, 0.3) is 11.3 Å². The summed E-state index contributed by atoms with van der Waals surface area (Å²) in [5.41, 5.74) is 10.5. The fraction of sp³-hybridized carbons (Fsp3) is 0.0833. The molecule has 0 spiro atoms. The first-order chi connectivity index (χ1) is 16.5. The number of hydrogen-bond acceptors (Lipinski definition) is 7. The van der Waals surface area contributed by atoms with E-state index in [1.165, 1.54) is 0 Å². The van der Waals surface area contributed by atoms with Crippen molar-refractivity contribution in [3.8, 4) is 11.3 Å². The molecule has 0 aliphatic carbocycles. The van der Waals surface area contributed by atoms with E-state index in [4.69, 9.17) is 10.3 Å². The van der Waals surface area contributed by atoms with Crippen molar-refractivity contribution in [2.75, 3.05) is 10.6 Å². The minimum Gasteiger partial charge on any atom is -0.326 e. The van der Waals surface area contributed by atoms with Gasteiger partial charge in [-0.2, -0.15) is 0 Å². The smallest absolute Gasteiger partial charge is 0.255 e. The van der Waals surface area contributed by atoms with Gasteiger partial charge in [-0.3, -0.25) is 9.78 Å². The van der Waals surface area contributed by atoms with E-state index in [0.29, 0.717) is 34.1 Å². The molecule has 9 nitrogen and oxygen atoms in total. The molecule has 0 aliphatic heterocycles. The van der Waals surface area contributed by atoms with Crippen LogP contribution in [0.4, 0.5) is 17.3 Å². The van der Waals surface area contributed by atoms with Gasteiger partial charge in [-0.05, 0) is 53.6 Å². The minimum atomic E-state index is -1.98. The van der Waals surface area contributed by atoms with Crippen LogP contribution in [0.1, 0.15) is 21.5 Å². The fourth-order valence-corrected chi connectivity index (χ4v) is 3.78. The molecule has 0 aliphatic rings. The van der Waals surface area contributed by atoms with Gasteiger partial charge < -0.3 is 20.9 Å². The van der Waals surface area contributed by atoms with Gasteiger partial charge in [0, 0.05) is 47.6 Å². The van der Waals surface area contributed by atoms with Crippen LogP contribution >= 0.6 is 0 Å². The van der Waals surface area contributed by atoms with Gasteiger partial charge in [-0.25, -0.2) is 14.2 Å². The van der Waals surface area contributed by atoms with E-state index in [1.807, 2.05) is 18.2 Å². The lowest BCUT2D eigenvalue weighted by Gasteiger charge is -2.13. The van der Waals surface area contributed by atoms with Crippen molar-refractivity contribution >= 4 is 34.3 Å². The SMILES string of the molecule is NCc1ccc(NC(=O)c2cccc(CS(=O)O)c2)cc1Nc1nccc(-c2cccnc2)n1. The summed E-state index contributed by atoms with van der Waals surface area (Å²) in [4.78, 5) is 25.7. The quantitative estimate of drug-likeness (QED) is 0.283. The van der Waals surface area contributed by atoms with Crippen LogP contribution in [0.15, 0.2) is 79.3 Å². The summed E-state index contributed by atoms with van der Waals surface area (Å²) in [6, 6.07) is 17.5. The molecule has 5 N–H and O–H groups in total. The predicted octanol–water partition coefficient (Wildman–Crippen LogP) is 3.71. The van der Waals surface area contributed by atoms with Crippen LogP contribution in [-0.4, -0.2) is 29.6 Å². The summed E-state index contributed by atoms with van der Waals surface area (Å²) < 4.78 is 20.2. The molecular formula is C24H22N6O3S. The van der Waals surface area contributed by atoms with Crippen molar-refractivity contribution in [1.29, 1.82) is 0 Å². The Morgan fingerprint density at radius 1 is 1.06 bits per heavy atom. The van der Waals surface area contributed by atoms with E-state index < -0.39 is 11.1 Å². The Morgan fingerprint density at radius 3 is 2.71 bits per heavy atom. The van der Waals surface area contributed by atoms with Crippen LogP contribution in [-0.2, 0) is 23.4 Å². The van der Waals surface area contributed by atoms with Crippen molar-refractivity contribution in [2.45, 2.75) is 12.3 Å². The van der Waals surface area contributed by atoms with E-state index in [-0.39, 0.29) is 18.2 Å². The number of pyridine rings is 1. The Kier molecular flexibility index (Phi) is 7.33. The van der Waals surface area contributed by atoms with Gasteiger partial charge >= 0.3 is 0 Å². The molecule has 2 aromatic carbocycles. The van der Waals surface area contributed by atoms with Gasteiger partial charge in [0.05, 0.1) is 11.4 Å². The van der Waals surface area contributed by atoms with Crippen molar-refractivity contribution in [1.82, 2.24) is 15.0 Å². The topological polar surface area (TPSA) is 143 Å². The number of benzene rings is 2. The maximum absolute atomic E-state index is 12.8. The minimum absolute atomic E-state index is 0.0432. The lowest BCUT2D eigenvalue weighted by Crippen LogP contribution is -2.13. The number of amides is 1. The molecule has 4 rings (SSSR count). The summed E-state index contributed by atoms with van der Waals surface area (Å²) in [5, 5.41) is 6.03. The van der Waals surface area contributed by atoms with Crippen molar-refractivity contribution in [3.63, 3.8) is 0 Å². The van der Waals surface area contributed by atoms with E-state index in [9.17, 15) is 9.00 Å². The Morgan fingerprint density at radius 2 is 1.94 bits per heavy atom. The molecular weight excluding hydrogens is 452 g/mol. The number of carbonyl (C=O) groups excluding carboxylic acids is 1. The second-order valence-electron chi connectivity index (χ2n) is 7.33. The van der Waals surface area contributed by atoms with Crippen LogP contribution in [0.5, 0.6) is 0 Å². The number of nitrogens with zero attached hydrogens (tertiary/aromatic N) is 3. The van der Waals surface area contributed by atoms with Crippen molar-refractivity contribution < 1.29 is 13.6 Å². The molecule has 0 radical (unpaired) electrons. The molecule has 0 fully saturated rings. The number of rotatable bonds is 8. The van der Waals surface area contributed by atoms with Crippen LogP contribution in [0.2, 0.25) is 0 Å². The molecule has 2 heterocycles. The second-order valence-corrected chi connectivity index (χ2v) is 8.26. The summed E-state index contributed by atoms with van der Waals surface area (Å²) in [6.07, 6.45) is 5.07. The monoisotopic (exact) mass is 474 g/mol. The zero-order valence-corrected chi connectivity index (χ0v) is 18.8. The summed E-state index contributed by atoms with van der Waals surface area (Å²) >= 11 is -1.98. The number of nitrogens with two attached hydrogens (primary N) is 1. The molecule has 10 heteroatoms. The number of anilines is 3. The highest BCUT2D eigenvalue weighted by Crippen LogP contribution is 2.25. The molecule has 1 atom stereocenters. The van der Waals surface area contributed by atoms with E-state index >= 15 is 0 Å². The zero-order valence-electron chi connectivity index (χ0n) is 18.0. The van der Waals surface area contributed by atoms with Gasteiger partial charge in [0.25, 0.3) is 5.91 Å². The fourth-order valence-electron chi connectivity index (χ4n) is 3.31. The molecule has 2 aromatic heterocycles.